The van der Waals surface area contributed by atoms with Gasteiger partial charge in [-0.05, 0) is 51.9 Å². The van der Waals surface area contributed by atoms with Crippen LogP contribution in [0.4, 0.5) is 0 Å². The second-order valence-corrected chi connectivity index (χ2v) is 7.48. The van der Waals surface area contributed by atoms with Gasteiger partial charge in [0, 0.05) is 24.7 Å². The van der Waals surface area contributed by atoms with E-state index in [9.17, 15) is 5.26 Å². The first-order valence-corrected chi connectivity index (χ1v) is 8.79. The summed E-state index contributed by atoms with van der Waals surface area (Å²) in [7, 11) is 0. The van der Waals surface area contributed by atoms with E-state index in [2.05, 4.69) is 57.8 Å². The highest BCUT2D eigenvalue weighted by atomic mass is 15.2. The van der Waals surface area contributed by atoms with Gasteiger partial charge in [0.05, 0.1) is 6.07 Å². The average Bonchev–Trinajstić information content (AvgIpc) is 3.22. The zero-order chi connectivity index (χ0) is 16.0. The summed E-state index contributed by atoms with van der Waals surface area (Å²) in [6.45, 7) is 14.6. The summed E-state index contributed by atoms with van der Waals surface area (Å²) < 4.78 is 0. The second kappa shape index (κ2) is 8.15. The zero-order valence-corrected chi connectivity index (χ0v) is 14.9. The zero-order valence-electron chi connectivity index (χ0n) is 14.9. The van der Waals surface area contributed by atoms with Gasteiger partial charge in [-0.15, -0.1) is 0 Å². The first-order valence-electron chi connectivity index (χ1n) is 8.79. The van der Waals surface area contributed by atoms with Crippen LogP contribution in [0, 0.1) is 17.2 Å². The van der Waals surface area contributed by atoms with Gasteiger partial charge in [-0.2, -0.15) is 5.26 Å². The largest absolute Gasteiger partial charge is 0.297 e. The summed E-state index contributed by atoms with van der Waals surface area (Å²) in [6, 6.07) is 4.17. The Labute approximate surface area is 132 Å². The van der Waals surface area contributed by atoms with Crippen LogP contribution in [0.25, 0.3) is 0 Å². The predicted octanol–water partition coefficient (Wildman–Crippen LogP) is 3.95. The van der Waals surface area contributed by atoms with Crippen molar-refractivity contribution in [3.8, 4) is 6.07 Å². The highest BCUT2D eigenvalue weighted by Gasteiger charge is 2.35. The number of nitrogens with one attached hydrogen (secondary N) is 1. The summed E-state index contributed by atoms with van der Waals surface area (Å²) in [6.07, 6.45) is 5.74. The van der Waals surface area contributed by atoms with E-state index >= 15 is 0 Å². The lowest BCUT2D eigenvalue weighted by atomic mass is 9.92. The molecule has 1 saturated carbocycles. The molecule has 3 nitrogen and oxygen atoms in total. The van der Waals surface area contributed by atoms with Crippen molar-refractivity contribution in [2.45, 2.75) is 97.3 Å². The summed E-state index contributed by atoms with van der Waals surface area (Å²) >= 11 is 0. The predicted molar refractivity (Wildman–Crippen MR) is 90.2 cm³/mol. The number of rotatable bonds is 10. The molecule has 2 atom stereocenters. The van der Waals surface area contributed by atoms with Crippen molar-refractivity contribution in [3.05, 3.63) is 0 Å². The molecule has 1 rings (SSSR count). The fourth-order valence-electron chi connectivity index (χ4n) is 3.39. The Morgan fingerprint density at radius 3 is 2.19 bits per heavy atom. The van der Waals surface area contributed by atoms with Gasteiger partial charge in [0.25, 0.3) is 0 Å². The third-order valence-electron chi connectivity index (χ3n) is 4.60. The number of nitrogens with zero attached hydrogens (tertiary/aromatic N) is 2. The fourth-order valence-corrected chi connectivity index (χ4v) is 3.39. The molecule has 21 heavy (non-hydrogen) atoms. The van der Waals surface area contributed by atoms with E-state index in [1.165, 1.54) is 25.7 Å². The molecule has 0 bridgehead atoms. The minimum atomic E-state index is -0.387. The van der Waals surface area contributed by atoms with E-state index in [1.54, 1.807) is 0 Å². The Bertz CT molecular complexity index is 339. The van der Waals surface area contributed by atoms with Crippen LogP contribution in [0.5, 0.6) is 0 Å². The van der Waals surface area contributed by atoms with Crippen molar-refractivity contribution < 1.29 is 0 Å². The smallest absolute Gasteiger partial charge is 0.105 e. The Hall–Kier alpha value is -0.590. The van der Waals surface area contributed by atoms with Crippen LogP contribution in [0.2, 0.25) is 0 Å². The van der Waals surface area contributed by atoms with E-state index in [0.717, 1.165) is 13.0 Å². The van der Waals surface area contributed by atoms with Crippen LogP contribution in [0.15, 0.2) is 0 Å². The maximum atomic E-state index is 9.60. The second-order valence-electron chi connectivity index (χ2n) is 7.48. The van der Waals surface area contributed by atoms with Crippen molar-refractivity contribution >= 4 is 0 Å². The topological polar surface area (TPSA) is 39.1 Å². The van der Waals surface area contributed by atoms with E-state index < -0.39 is 0 Å². The van der Waals surface area contributed by atoms with Crippen LogP contribution in [-0.4, -0.2) is 35.1 Å². The van der Waals surface area contributed by atoms with E-state index in [1.807, 2.05) is 0 Å². The van der Waals surface area contributed by atoms with Crippen LogP contribution >= 0.6 is 0 Å². The molecule has 0 heterocycles. The SMILES string of the molecule is CCC(CC)N(CC(C)C)C(C)CC(C)(C#N)NC1CC1. The Morgan fingerprint density at radius 2 is 1.81 bits per heavy atom. The van der Waals surface area contributed by atoms with Gasteiger partial charge in [-0.1, -0.05) is 27.7 Å². The van der Waals surface area contributed by atoms with Gasteiger partial charge in [0.2, 0.25) is 0 Å². The summed E-state index contributed by atoms with van der Waals surface area (Å²) in [5.41, 5.74) is -0.387. The normalized spacial score (nSPS) is 19.8. The van der Waals surface area contributed by atoms with Gasteiger partial charge < -0.3 is 0 Å². The number of nitriles is 1. The van der Waals surface area contributed by atoms with Gasteiger partial charge >= 0.3 is 0 Å². The number of hydrogen-bond acceptors (Lipinski definition) is 3. The maximum Gasteiger partial charge on any atom is 0.105 e. The van der Waals surface area contributed by atoms with Crippen molar-refractivity contribution in [1.82, 2.24) is 10.2 Å². The molecule has 0 radical (unpaired) electrons. The third-order valence-corrected chi connectivity index (χ3v) is 4.60. The minimum Gasteiger partial charge on any atom is -0.297 e. The van der Waals surface area contributed by atoms with Crippen molar-refractivity contribution in [2.24, 2.45) is 5.92 Å². The molecule has 1 N–H and O–H groups in total. The van der Waals surface area contributed by atoms with Crippen LogP contribution in [-0.2, 0) is 0 Å². The molecule has 0 saturated heterocycles. The molecule has 0 aromatic heterocycles. The standard InChI is InChI=1S/C18H35N3/c1-7-17(8-2)21(12-14(3)4)15(5)11-18(6,13-19)20-16-9-10-16/h14-17,20H,7-12H2,1-6H3. The molecule has 0 aliphatic heterocycles. The van der Waals surface area contributed by atoms with E-state index in [0.29, 0.717) is 24.0 Å². The van der Waals surface area contributed by atoms with Gasteiger partial charge in [0.1, 0.15) is 5.54 Å². The lowest BCUT2D eigenvalue weighted by Gasteiger charge is -2.40. The van der Waals surface area contributed by atoms with Crippen molar-refractivity contribution in [3.63, 3.8) is 0 Å². The summed E-state index contributed by atoms with van der Waals surface area (Å²) in [5.74, 6) is 0.665. The van der Waals surface area contributed by atoms with Crippen LogP contribution in [0.1, 0.15) is 73.6 Å². The number of hydrogen-bond donors (Lipinski definition) is 1. The molecule has 2 unspecified atom stereocenters. The summed E-state index contributed by atoms with van der Waals surface area (Å²) in [5, 5.41) is 13.1. The first kappa shape index (κ1) is 18.5. The first-order chi connectivity index (χ1) is 9.85. The van der Waals surface area contributed by atoms with Crippen molar-refractivity contribution in [2.75, 3.05) is 6.54 Å². The molecular formula is C18H35N3. The summed E-state index contributed by atoms with van der Waals surface area (Å²) in [4.78, 5) is 2.63. The van der Waals surface area contributed by atoms with Gasteiger partial charge in [0.15, 0.2) is 0 Å². The minimum absolute atomic E-state index is 0.387. The van der Waals surface area contributed by atoms with Crippen LogP contribution in [0.3, 0.4) is 0 Å². The molecule has 0 spiro atoms. The van der Waals surface area contributed by atoms with Gasteiger partial charge in [-0.3, -0.25) is 10.2 Å². The molecule has 122 valence electrons. The van der Waals surface area contributed by atoms with E-state index in [4.69, 9.17) is 0 Å². The molecule has 1 fully saturated rings. The molecular weight excluding hydrogens is 258 g/mol. The maximum absolute atomic E-state index is 9.60. The average molecular weight is 293 g/mol. The quantitative estimate of drug-likeness (QED) is 0.663. The van der Waals surface area contributed by atoms with Gasteiger partial charge in [-0.25, -0.2) is 0 Å². The fraction of sp³-hybridized carbons (Fsp3) is 0.944. The van der Waals surface area contributed by atoms with E-state index in [-0.39, 0.29) is 5.54 Å². The molecule has 3 heteroatoms. The molecule has 0 aromatic carbocycles. The molecule has 1 aliphatic carbocycles. The monoisotopic (exact) mass is 293 g/mol. The Kier molecular flexibility index (Phi) is 7.16. The lowest BCUT2D eigenvalue weighted by molar-refractivity contribution is 0.100. The third kappa shape index (κ3) is 5.96. The highest BCUT2D eigenvalue weighted by Crippen LogP contribution is 2.27. The highest BCUT2D eigenvalue weighted by molar-refractivity contribution is 5.08. The van der Waals surface area contributed by atoms with Crippen molar-refractivity contribution in [1.29, 1.82) is 5.26 Å². The Balaban J connectivity index is 2.73. The molecule has 0 aromatic rings. The van der Waals surface area contributed by atoms with Crippen LogP contribution < -0.4 is 5.32 Å². The Morgan fingerprint density at radius 1 is 1.24 bits per heavy atom. The lowest BCUT2D eigenvalue weighted by Crippen LogP contribution is -2.51. The molecule has 0 amide bonds. The molecule has 1 aliphatic rings.